The highest BCUT2D eigenvalue weighted by atomic mass is 19.4. The van der Waals surface area contributed by atoms with Gasteiger partial charge in [-0.25, -0.2) is 4.79 Å². The monoisotopic (exact) mass is 516 g/mol. The number of unbranched alkanes of at least 4 members (excludes halogenated alkanes) is 5. The Morgan fingerprint density at radius 1 is 0.811 bits per heavy atom. The van der Waals surface area contributed by atoms with Gasteiger partial charge in [-0.1, -0.05) is 75.4 Å². The molecule has 0 N–H and O–H groups in total. The standard InChI is InChI=1S/C30H32F4O3/c1-2-3-4-5-6-10-21-36-26-20-17-23(16-13-22-14-18-25(19-15-22)30(32,33)34)28(27(26)31)37-29(35)24-11-8-7-9-12-24/h7-9,11-12,14-15,17-20H,2-6,10,13,16,21H2,1H3. The molecule has 3 aromatic rings. The maximum atomic E-state index is 15.5. The Kier molecular flexibility index (Phi) is 10.5. The number of aryl methyl sites for hydroxylation is 2. The minimum absolute atomic E-state index is 0.00250. The third-order valence-electron chi connectivity index (χ3n) is 6.07. The fourth-order valence-electron chi connectivity index (χ4n) is 3.93. The molecule has 0 aliphatic rings. The van der Waals surface area contributed by atoms with Gasteiger partial charge >= 0.3 is 12.1 Å². The van der Waals surface area contributed by atoms with E-state index >= 15 is 4.39 Å². The lowest BCUT2D eigenvalue weighted by Gasteiger charge is -2.15. The molecule has 198 valence electrons. The van der Waals surface area contributed by atoms with Crippen molar-refractivity contribution in [2.24, 2.45) is 0 Å². The molecule has 0 unspecified atom stereocenters. The number of carbonyl (C=O) groups is 1. The van der Waals surface area contributed by atoms with Crippen LogP contribution >= 0.6 is 0 Å². The van der Waals surface area contributed by atoms with Crippen molar-refractivity contribution in [1.82, 2.24) is 0 Å². The summed E-state index contributed by atoms with van der Waals surface area (Å²) >= 11 is 0. The lowest BCUT2D eigenvalue weighted by Crippen LogP contribution is -2.12. The summed E-state index contributed by atoms with van der Waals surface area (Å²) in [5.74, 6) is -1.69. The summed E-state index contributed by atoms with van der Waals surface area (Å²) in [6.07, 6.45) is 2.59. The van der Waals surface area contributed by atoms with Gasteiger partial charge in [-0.15, -0.1) is 0 Å². The zero-order chi connectivity index (χ0) is 26.7. The Hall–Kier alpha value is -3.35. The minimum Gasteiger partial charge on any atom is -0.490 e. The van der Waals surface area contributed by atoms with E-state index in [1.165, 1.54) is 24.6 Å². The van der Waals surface area contributed by atoms with Crippen molar-refractivity contribution in [2.45, 2.75) is 64.5 Å². The topological polar surface area (TPSA) is 35.5 Å². The van der Waals surface area contributed by atoms with Crippen LogP contribution in [0.25, 0.3) is 0 Å². The zero-order valence-corrected chi connectivity index (χ0v) is 21.0. The number of halogens is 4. The second-order valence-corrected chi connectivity index (χ2v) is 8.93. The Bertz CT molecular complexity index is 1130. The number of esters is 1. The third-order valence-corrected chi connectivity index (χ3v) is 6.07. The number of ether oxygens (including phenoxy) is 2. The van der Waals surface area contributed by atoms with Gasteiger partial charge in [0.1, 0.15) is 0 Å². The van der Waals surface area contributed by atoms with E-state index in [0.717, 1.165) is 44.2 Å². The van der Waals surface area contributed by atoms with Crippen LogP contribution in [0.3, 0.4) is 0 Å². The van der Waals surface area contributed by atoms with Gasteiger partial charge in [-0.2, -0.15) is 17.6 Å². The lowest BCUT2D eigenvalue weighted by molar-refractivity contribution is -0.137. The number of carbonyl (C=O) groups excluding carboxylic acids is 1. The number of benzene rings is 3. The van der Waals surface area contributed by atoms with Gasteiger partial charge in [0.25, 0.3) is 0 Å². The van der Waals surface area contributed by atoms with Crippen LogP contribution < -0.4 is 9.47 Å². The second-order valence-electron chi connectivity index (χ2n) is 8.93. The van der Waals surface area contributed by atoms with E-state index in [-0.39, 0.29) is 23.5 Å². The highest BCUT2D eigenvalue weighted by molar-refractivity contribution is 5.91. The Balaban J connectivity index is 1.73. The Morgan fingerprint density at radius 3 is 2.16 bits per heavy atom. The fourth-order valence-corrected chi connectivity index (χ4v) is 3.93. The van der Waals surface area contributed by atoms with Crippen LogP contribution in [-0.4, -0.2) is 12.6 Å². The number of alkyl halides is 3. The molecule has 37 heavy (non-hydrogen) atoms. The van der Waals surface area contributed by atoms with Crippen LogP contribution in [0.2, 0.25) is 0 Å². The van der Waals surface area contributed by atoms with Gasteiger partial charge in [-0.3, -0.25) is 0 Å². The van der Waals surface area contributed by atoms with Crippen LogP contribution in [0.15, 0.2) is 66.7 Å². The van der Waals surface area contributed by atoms with Crippen molar-refractivity contribution in [2.75, 3.05) is 6.61 Å². The third kappa shape index (κ3) is 8.62. The van der Waals surface area contributed by atoms with Crippen molar-refractivity contribution in [1.29, 1.82) is 0 Å². The number of rotatable bonds is 13. The maximum Gasteiger partial charge on any atom is 0.416 e. The van der Waals surface area contributed by atoms with Crippen molar-refractivity contribution in [3.05, 3.63) is 94.8 Å². The van der Waals surface area contributed by atoms with Crippen molar-refractivity contribution >= 4 is 5.97 Å². The summed E-state index contributed by atoms with van der Waals surface area (Å²) in [7, 11) is 0. The SMILES string of the molecule is CCCCCCCCOc1ccc(CCc2ccc(C(F)(F)F)cc2)c(OC(=O)c2ccccc2)c1F. The van der Waals surface area contributed by atoms with Crippen LogP contribution in [-0.2, 0) is 19.0 Å². The molecule has 0 spiro atoms. The summed E-state index contributed by atoms with van der Waals surface area (Å²) < 4.78 is 65.2. The molecule has 0 amide bonds. The van der Waals surface area contributed by atoms with Gasteiger partial charge in [-0.05, 0) is 60.7 Å². The van der Waals surface area contributed by atoms with Crippen LogP contribution in [0.4, 0.5) is 17.6 Å². The molecule has 0 saturated heterocycles. The summed E-state index contributed by atoms with van der Waals surface area (Å²) in [6, 6.07) is 16.2. The maximum absolute atomic E-state index is 15.5. The molecule has 0 aliphatic heterocycles. The quantitative estimate of drug-likeness (QED) is 0.0988. The molecule has 0 fully saturated rings. The lowest BCUT2D eigenvalue weighted by atomic mass is 10.0. The van der Waals surface area contributed by atoms with E-state index in [0.29, 0.717) is 24.2 Å². The van der Waals surface area contributed by atoms with Crippen LogP contribution in [0, 0.1) is 5.82 Å². The second kappa shape index (κ2) is 13.8. The first-order chi connectivity index (χ1) is 17.8. The van der Waals surface area contributed by atoms with Gasteiger partial charge in [0.2, 0.25) is 5.82 Å². The summed E-state index contributed by atoms with van der Waals surface area (Å²) in [5, 5.41) is 0. The van der Waals surface area contributed by atoms with Crippen molar-refractivity contribution < 1.29 is 31.8 Å². The fraction of sp³-hybridized carbons (Fsp3) is 0.367. The van der Waals surface area contributed by atoms with E-state index in [9.17, 15) is 18.0 Å². The van der Waals surface area contributed by atoms with Crippen molar-refractivity contribution in [3.63, 3.8) is 0 Å². The molecular weight excluding hydrogens is 484 g/mol. The summed E-state index contributed by atoms with van der Waals surface area (Å²) in [6.45, 7) is 2.50. The minimum atomic E-state index is -4.41. The Morgan fingerprint density at radius 2 is 1.49 bits per heavy atom. The zero-order valence-electron chi connectivity index (χ0n) is 21.0. The molecule has 3 nitrogen and oxygen atoms in total. The predicted octanol–water partition coefficient (Wildman–Crippen LogP) is 8.59. The van der Waals surface area contributed by atoms with E-state index < -0.39 is 23.5 Å². The number of hydrogen-bond donors (Lipinski definition) is 0. The molecule has 0 atom stereocenters. The molecule has 0 heterocycles. The average molecular weight is 517 g/mol. The summed E-state index contributed by atoms with van der Waals surface area (Å²) in [4.78, 5) is 12.7. The van der Waals surface area contributed by atoms with E-state index in [2.05, 4.69) is 6.92 Å². The Labute approximate surface area is 215 Å². The molecule has 0 saturated carbocycles. The largest absolute Gasteiger partial charge is 0.490 e. The van der Waals surface area contributed by atoms with E-state index in [1.54, 1.807) is 36.4 Å². The molecule has 0 bridgehead atoms. The highest BCUT2D eigenvalue weighted by Crippen LogP contribution is 2.33. The van der Waals surface area contributed by atoms with Crippen molar-refractivity contribution in [3.8, 4) is 11.5 Å². The van der Waals surface area contributed by atoms with Gasteiger partial charge in [0.05, 0.1) is 17.7 Å². The summed E-state index contributed by atoms with van der Waals surface area (Å²) in [5.41, 5.74) is 0.617. The highest BCUT2D eigenvalue weighted by Gasteiger charge is 2.30. The smallest absolute Gasteiger partial charge is 0.416 e. The first-order valence-corrected chi connectivity index (χ1v) is 12.7. The average Bonchev–Trinajstić information content (AvgIpc) is 2.89. The van der Waals surface area contributed by atoms with E-state index in [4.69, 9.17) is 9.47 Å². The van der Waals surface area contributed by atoms with Crippen LogP contribution in [0.5, 0.6) is 11.5 Å². The van der Waals surface area contributed by atoms with E-state index in [1.807, 2.05) is 0 Å². The predicted molar refractivity (Wildman–Crippen MR) is 136 cm³/mol. The molecule has 0 aromatic heterocycles. The molecule has 0 aliphatic carbocycles. The van der Waals surface area contributed by atoms with Gasteiger partial charge in [0, 0.05) is 0 Å². The molecule has 7 heteroatoms. The first-order valence-electron chi connectivity index (χ1n) is 12.7. The first kappa shape index (κ1) is 28.2. The normalized spacial score (nSPS) is 11.4. The molecule has 3 rings (SSSR count). The molecule has 0 radical (unpaired) electrons. The van der Waals surface area contributed by atoms with Crippen LogP contribution in [0.1, 0.15) is 72.5 Å². The molecule has 3 aromatic carbocycles. The molecular formula is C30H32F4O3. The van der Waals surface area contributed by atoms with Gasteiger partial charge < -0.3 is 9.47 Å². The van der Waals surface area contributed by atoms with Gasteiger partial charge in [0.15, 0.2) is 11.5 Å². The number of hydrogen-bond acceptors (Lipinski definition) is 3.